The Labute approximate surface area is 79.5 Å². The molecule has 1 aliphatic carbocycles. The normalized spacial score (nSPS) is 35.5. The fourth-order valence-corrected chi connectivity index (χ4v) is 1.96. The Morgan fingerprint density at radius 3 is 2.31 bits per heavy atom. The van der Waals surface area contributed by atoms with Crippen LogP contribution in [0, 0.1) is 23.2 Å². The maximum absolute atomic E-state index is 12.2. The lowest BCUT2D eigenvalue weighted by Gasteiger charge is -2.30. The summed E-state index contributed by atoms with van der Waals surface area (Å²) < 4.78 is 36.6. The van der Waals surface area contributed by atoms with Crippen molar-refractivity contribution in [3.63, 3.8) is 0 Å². The molecule has 3 atom stereocenters. The molecule has 0 saturated heterocycles. The lowest BCUT2D eigenvalue weighted by atomic mass is 9.82. The molecule has 74 valence electrons. The molecule has 0 bridgehead atoms. The van der Waals surface area contributed by atoms with E-state index in [1.54, 1.807) is 0 Å². The monoisotopic (exact) mass is 211 g/mol. The van der Waals surface area contributed by atoms with Crippen LogP contribution in [0.2, 0.25) is 0 Å². The Morgan fingerprint density at radius 1 is 1.31 bits per heavy atom. The van der Waals surface area contributed by atoms with Crippen LogP contribution in [-0.4, -0.2) is 11.6 Å². The van der Waals surface area contributed by atoms with E-state index in [2.05, 4.69) is 0 Å². The van der Waals surface area contributed by atoms with Crippen molar-refractivity contribution >= 4 is 11.6 Å². The molecule has 0 heterocycles. The zero-order valence-electron chi connectivity index (χ0n) is 6.81. The molecule has 1 saturated carbocycles. The summed E-state index contributed by atoms with van der Waals surface area (Å²) in [6.45, 7) is 0. The van der Waals surface area contributed by atoms with Gasteiger partial charge in [0, 0.05) is 5.38 Å². The Hall–Kier alpha value is -0.430. The first-order chi connectivity index (χ1) is 5.95. The third-order valence-electron chi connectivity index (χ3n) is 2.40. The highest BCUT2D eigenvalue weighted by Crippen LogP contribution is 2.41. The summed E-state index contributed by atoms with van der Waals surface area (Å²) in [6, 6.07) is 1.93. The zero-order valence-corrected chi connectivity index (χ0v) is 7.57. The van der Waals surface area contributed by atoms with Gasteiger partial charge in [-0.25, -0.2) is 0 Å². The van der Waals surface area contributed by atoms with Crippen LogP contribution in [0.15, 0.2) is 0 Å². The van der Waals surface area contributed by atoms with Crippen LogP contribution in [-0.2, 0) is 0 Å². The quantitative estimate of drug-likeness (QED) is 0.565. The van der Waals surface area contributed by atoms with Crippen molar-refractivity contribution < 1.29 is 13.2 Å². The van der Waals surface area contributed by atoms with Crippen LogP contribution >= 0.6 is 11.6 Å². The second-order valence-electron chi connectivity index (χ2n) is 3.30. The smallest absolute Gasteiger partial charge is 0.198 e. The molecule has 1 fully saturated rings. The van der Waals surface area contributed by atoms with E-state index in [1.807, 2.05) is 6.07 Å². The molecule has 0 radical (unpaired) electrons. The minimum atomic E-state index is -4.16. The van der Waals surface area contributed by atoms with Crippen LogP contribution in [0.1, 0.15) is 19.3 Å². The fourth-order valence-electron chi connectivity index (χ4n) is 1.56. The number of halogens is 4. The molecular weight excluding hydrogens is 203 g/mol. The van der Waals surface area contributed by atoms with Gasteiger partial charge in [0.1, 0.15) is 0 Å². The van der Waals surface area contributed by atoms with Gasteiger partial charge in [-0.15, -0.1) is 11.6 Å². The van der Waals surface area contributed by atoms with Gasteiger partial charge in [0.15, 0.2) is 0 Å². The van der Waals surface area contributed by atoms with Crippen molar-refractivity contribution in [2.75, 3.05) is 0 Å². The van der Waals surface area contributed by atoms with E-state index in [1.165, 1.54) is 0 Å². The van der Waals surface area contributed by atoms with Crippen LogP contribution in [0.25, 0.3) is 0 Å². The predicted molar refractivity (Wildman–Crippen MR) is 42.1 cm³/mol. The Kier molecular flexibility index (Phi) is 3.07. The van der Waals surface area contributed by atoms with Crippen LogP contribution in [0.3, 0.4) is 0 Å². The standard InChI is InChI=1S/C8H9ClF3N/c9-7-3-6(8(10,11)12)2-1-5(7)4-13/h5-7H,1-3H2. The van der Waals surface area contributed by atoms with Gasteiger partial charge in [-0.1, -0.05) is 0 Å². The fraction of sp³-hybridized carbons (Fsp3) is 0.875. The maximum atomic E-state index is 12.2. The van der Waals surface area contributed by atoms with Gasteiger partial charge in [-0.05, 0) is 19.3 Å². The number of nitrogens with zero attached hydrogens (tertiary/aromatic N) is 1. The van der Waals surface area contributed by atoms with Gasteiger partial charge in [0.25, 0.3) is 0 Å². The first-order valence-electron chi connectivity index (χ1n) is 4.05. The number of rotatable bonds is 0. The van der Waals surface area contributed by atoms with E-state index in [0.717, 1.165) is 0 Å². The van der Waals surface area contributed by atoms with Crippen molar-refractivity contribution in [3.05, 3.63) is 0 Å². The Bertz CT molecular complexity index is 220. The van der Waals surface area contributed by atoms with Gasteiger partial charge in [-0.2, -0.15) is 18.4 Å². The molecule has 0 aromatic rings. The molecule has 1 aliphatic rings. The first kappa shape index (κ1) is 10.6. The van der Waals surface area contributed by atoms with Crippen LogP contribution in [0.4, 0.5) is 13.2 Å². The summed E-state index contributed by atoms with van der Waals surface area (Å²) >= 11 is 5.66. The van der Waals surface area contributed by atoms with Gasteiger partial charge in [0.2, 0.25) is 0 Å². The highest BCUT2D eigenvalue weighted by atomic mass is 35.5. The van der Waals surface area contributed by atoms with Gasteiger partial charge >= 0.3 is 6.18 Å². The molecule has 3 unspecified atom stereocenters. The highest BCUT2D eigenvalue weighted by molar-refractivity contribution is 6.21. The molecule has 0 aromatic heterocycles. The van der Waals surface area contributed by atoms with E-state index >= 15 is 0 Å². The van der Waals surface area contributed by atoms with Crippen molar-refractivity contribution in [2.45, 2.75) is 30.8 Å². The lowest BCUT2D eigenvalue weighted by Crippen LogP contribution is -2.33. The van der Waals surface area contributed by atoms with Crippen molar-refractivity contribution in [2.24, 2.45) is 11.8 Å². The second-order valence-corrected chi connectivity index (χ2v) is 3.86. The van der Waals surface area contributed by atoms with Gasteiger partial charge < -0.3 is 0 Å². The summed E-state index contributed by atoms with van der Waals surface area (Å²) in [5.41, 5.74) is 0. The molecule has 13 heavy (non-hydrogen) atoms. The number of nitriles is 1. The minimum Gasteiger partial charge on any atom is -0.198 e. The maximum Gasteiger partial charge on any atom is 0.391 e. The summed E-state index contributed by atoms with van der Waals surface area (Å²) in [7, 11) is 0. The average molecular weight is 212 g/mol. The molecule has 5 heteroatoms. The predicted octanol–water partition coefficient (Wildman–Crippen LogP) is 3.10. The van der Waals surface area contributed by atoms with E-state index in [4.69, 9.17) is 16.9 Å². The minimum absolute atomic E-state index is 0.0327. The van der Waals surface area contributed by atoms with E-state index < -0.39 is 23.4 Å². The topological polar surface area (TPSA) is 23.8 Å². The molecular formula is C8H9ClF3N. The largest absolute Gasteiger partial charge is 0.391 e. The van der Waals surface area contributed by atoms with Crippen molar-refractivity contribution in [1.29, 1.82) is 5.26 Å². The molecule has 1 nitrogen and oxygen atoms in total. The van der Waals surface area contributed by atoms with Crippen molar-refractivity contribution in [3.8, 4) is 6.07 Å². The third-order valence-corrected chi connectivity index (χ3v) is 2.88. The van der Waals surface area contributed by atoms with Crippen molar-refractivity contribution in [1.82, 2.24) is 0 Å². The van der Waals surface area contributed by atoms with E-state index in [9.17, 15) is 13.2 Å². The molecule has 0 aromatic carbocycles. The lowest BCUT2D eigenvalue weighted by molar-refractivity contribution is -0.182. The highest BCUT2D eigenvalue weighted by Gasteiger charge is 2.44. The molecule has 0 spiro atoms. The molecule has 1 rings (SSSR count). The summed E-state index contributed by atoms with van der Waals surface area (Å²) in [6.07, 6.45) is -3.99. The number of hydrogen-bond acceptors (Lipinski definition) is 1. The summed E-state index contributed by atoms with van der Waals surface area (Å²) in [5.74, 6) is -1.74. The second kappa shape index (κ2) is 3.75. The average Bonchev–Trinajstić information content (AvgIpc) is 2.02. The zero-order chi connectivity index (χ0) is 10.1. The van der Waals surface area contributed by atoms with E-state index in [-0.39, 0.29) is 19.3 Å². The molecule has 0 amide bonds. The van der Waals surface area contributed by atoms with E-state index in [0.29, 0.717) is 0 Å². The third kappa shape index (κ3) is 2.50. The molecule has 0 aliphatic heterocycles. The SMILES string of the molecule is N#CC1CCC(C(F)(F)F)CC1Cl. The van der Waals surface area contributed by atoms with Gasteiger partial charge in [-0.3, -0.25) is 0 Å². The van der Waals surface area contributed by atoms with Gasteiger partial charge in [0.05, 0.1) is 17.9 Å². The van der Waals surface area contributed by atoms with Crippen LogP contribution < -0.4 is 0 Å². The number of alkyl halides is 4. The summed E-state index contributed by atoms with van der Waals surface area (Å²) in [5, 5.41) is 7.89. The van der Waals surface area contributed by atoms with Crippen LogP contribution in [0.5, 0.6) is 0 Å². The Balaban J connectivity index is 2.57. The first-order valence-corrected chi connectivity index (χ1v) is 4.49. The number of hydrogen-bond donors (Lipinski definition) is 0. The molecule has 0 N–H and O–H groups in total. The summed E-state index contributed by atoms with van der Waals surface area (Å²) in [4.78, 5) is 0. The Morgan fingerprint density at radius 2 is 1.92 bits per heavy atom.